The number of hydrogen-bond acceptors (Lipinski definition) is 4. The molecule has 0 saturated carbocycles. The second kappa shape index (κ2) is 6.17. The van der Waals surface area contributed by atoms with E-state index < -0.39 is 21.5 Å². The molecule has 0 aliphatic carbocycles. The zero-order valence-electron chi connectivity index (χ0n) is 12.3. The first-order valence-electron chi connectivity index (χ1n) is 6.82. The van der Waals surface area contributed by atoms with Gasteiger partial charge in [-0.15, -0.1) is 0 Å². The van der Waals surface area contributed by atoms with Crippen molar-refractivity contribution in [3.8, 4) is 5.75 Å². The Hall–Kier alpha value is -1.12. The van der Waals surface area contributed by atoms with Crippen LogP contribution in [0.15, 0.2) is 21.5 Å². The van der Waals surface area contributed by atoms with E-state index >= 15 is 0 Å². The minimum Gasteiger partial charge on any atom is -0.492 e. The van der Waals surface area contributed by atoms with Crippen LogP contribution in [0.2, 0.25) is 0 Å². The van der Waals surface area contributed by atoms with Crippen LogP contribution in [0.4, 0.5) is 0 Å². The van der Waals surface area contributed by atoms with Crippen molar-refractivity contribution in [3.63, 3.8) is 0 Å². The quantitative estimate of drug-likeness (QED) is 0.775. The highest BCUT2D eigenvalue weighted by Crippen LogP contribution is 2.36. The highest BCUT2D eigenvalue weighted by atomic mass is 79.9. The van der Waals surface area contributed by atoms with E-state index in [0.29, 0.717) is 23.2 Å². The maximum Gasteiger partial charge on any atom is 0.303 e. The average Bonchev–Trinajstić information content (AvgIpc) is 2.82. The molecule has 0 spiro atoms. The van der Waals surface area contributed by atoms with Crippen LogP contribution < -0.4 is 9.46 Å². The van der Waals surface area contributed by atoms with Gasteiger partial charge in [-0.25, -0.2) is 13.1 Å². The number of rotatable bonds is 6. The van der Waals surface area contributed by atoms with Gasteiger partial charge in [0.1, 0.15) is 10.6 Å². The molecule has 0 radical (unpaired) electrons. The van der Waals surface area contributed by atoms with Gasteiger partial charge in [0.2, 0.25) is 10.0 Å². The van der Waals surface area contributed by atoms with Crippen LogP contribution in [0.25, 0.3) is 0 Å². The Morgan fingerprint density at radius 3 is 2.77 bits per heavy atom. The number of aliphatic carboxylic acids is 1. The Balaban J connectivity index is 2.30. The molecule has 2 rings (SSSR count). The van der Waals surface area contributed by atoms with Gasteiger partial charge in [0.05, 0.1) is 6.61 Å². The molecule has 1 aliphatic heterocycles. The summed E-state index contributed by atoms with van der Waals surface area (Å²) in [4.78, 5) is 10.8. The first-order valence-corrected chi connectivity index (χ1v) is 9.09. The summed E-state index contributed by atoms with van der Waals surface area (Å²) in [7, 11) is -3.81. The van der Waals surface area contributed by atoms with Crippen molar-refractivity contribution in [2.45, 2.75) is 43.5 Å². The molecule has 22 heavy (non-hydrogen) atoms. The molecule has 0 fully saturated rings. The van der Waals surface area contributed by atoms with Gasteiger partial charge in [-0.1, -0.05) is 15.9 Å². The first-order chi connectivity index (χ1) is 10.1. The molecule has 8 heteroatoms. The number of benzene rings is 1. The Morgan fingerprint density at radius 2 is 2.14 bits per heavy atom. The standard InChI is InChI=1S/C14H18BrNO5S/c1-14(2,5-3-12(17)18)16-22(19,20)11-8-10(15)7-9-4-6-21-13(9)11/h7-8,16H,3-6H2,1-2H3,(H,17,18). The first kappa shape index (κ1) is 17.2. The summed E-state index contributed by atoms with van der Waals surface area (Å²) in [5.41, 5.74) is -0.0246. The Kier molecular flexibility index (Phi) is 4.84. The molecular formula is C14H18BrNO5S. The van der Waals surface area contributed by atoms with Gasteiger partial charge in [-0.3, -0.25) is 4.79 Å². The molecule has 1 aliphatic rings. The number of fused-ring (bicyclic) bond motifs is 1. The van der Waals surface area contributed by atoms with E-state index in [9.17, 15) is 13.2 Å². The third kappa shape index (κ3) is 3.99. The lowest BCUT2D eigenvalue weighted by Crippen LogP contribution is -2.43. The number of hydrogen-bond donors (Lipinski definition) is 2. The molecule has 122 valence electrons. The zero-order valence-corrected chi connectivity index (χ0v) is 14.8. The van der Waals surface area contributed by atoms with Crippen molar-refractivity contribution in [3.05, 3.63) is 22.2 Å². The van der Waals surface area contributed by atoms with Crippen LogP contribution in [0.5, 0.6) is 5.75 Å². The Labute approximate surface area is 138 Å². The number of ether oxygens (including phenoxy) is 1. The van der Waals surface area contributed by atoms with Crippen LogP contribution in [0.1, 0.15) is 32.3 Å². The number of halogens is 1. The summed E-state index contributed by atoms with van der Waals surface area (Å²) in [6.07, 6.45) is 0.751. The molecular weight excluding hydrogens is 374 g/mol. The highest BCUT2D eigenvalue weighted by Gasteiger charge is 2.31. The molecule has 2 N–H and O–H groups in total. The third-order valence-corrected chi connectivity index (χ3v) is 5.54. The van der Waals surface area contributed by atoms with Crippen molar-refractivity contribution in [2.75, 3.05) is 6.61 Å². The fourth-order valence-corrected chi connectivity index (χ4v) is 4.64. The van der Waals surface area contributed by atoms with Crippen LogP contribution in [-0.2, 0) is 21.2 Å². The third-order valence-electron chi connectivity index (χ3n) is 3.38. The predicted octanol–water partition coefficient (Wildman–Crippen LogP) is 2.31. The van der Waals surface area contributed by atoms with E-state index in [-0.39, 0.29) is 17.7 Å². The normalized spacial score (nSPS) is 14.5. The van der Waals surface area contributed by atoms with Crippen LogP contribution in [0, 0.1) is 0 Å². The predicted molar refractivity (Wildman–Crippen MR) is 84.6 cm³/mol. The molecule has 6 nitrogen and oxygen atoms in total. The molecule has 0 saturated heterocycles. The lowest BCUT2D eigenvalue weighted by molar-refractivity contribution is -0.137. The Bertz CT molecular complexity index is 699. The SMILES string of the molecule is CC(C)(CCC(=O)O)NS(=O)(=O)c1cc(Br)cc2c1OCC2. The summed E-state index contributed by atoms with van der Waals surface area (Å²) in [6, 6.07) is 3.34. The van der Waals surface area contributed by atoms with E-state index in [1.54, 1.807) is 13.8 Å². The van der Waals surface area contributed by atoms with Crippen molar-refractivity contribution < 1.29 is 23.1 Å². The summed E-state index contributed by atoms with van der Waals surface area (Å²) in [5.74, 6) is -0.580. The minimum absolute atomic E-state index is 0.0813. The number of sulfonamides is 1. The van der Waals surface area contributed by atoms with Gasteiger partial charge in [0.25, 0.3) is 0 Å². The summed E-state index contributed by atoms with van der Waals surface area (Å²) < 4.78 is 34.0. The van der Waals surface area contributed by atoms with Gasteiger partial charge in [-0.2, -0.15) is 0 Å². The lowest BCUT2D eigenvalue weighted by Gasteiger charge is -2.25. The van der Waals surface area contributed by atoms with E-state index in [4.69, 9.17) is 9.84 Å². The second-order valence-electron chi connectivity index (χ2n) is 5.87. The minimum atomic E-state index is -3.81. The highest BCUT2D eigenvalue weighted by molar-refractivity contribution is 9.10. The molecule has 1 aromatic carbocycles. The molecule has 1 heterocycles. The van der Waals surface area contributed by atoms with Gasteiger partial charge in [-0.05, 0) is 32.4 Å². The number of nitrogens with one attached hydrogen (secondary N) is 1. The van der Waals surface area contributed by atoms with E-state index in [1.807, 2.05) is 6.07 Å². The van der Waals surface area contributed by atoms with E-state index in [1.165, 1.54) is 6.07 Å². The molecule has 0 aromatic heterocycles. The van der Waals surface area contributed by atoms with Crippen LogP contribution >= 0.6 is 15.9 Å². The maximum atomic E-state index is 12.6. The second-order valence-corrected chi connectivity index (χ2v) is 8.44. The van der Waals surface area contributed by atoms with Gasteiger partial charge in [0.15, 0.2) is 0 Å². The molecule has 0 bridgehead atoms. The van der Waals surface area contributed by atoms with Crippen molar-refractivity contribution in [2.24, 2.45) is 0 Å². The van der Waals surface area contributed by atoms with Crippen molar-refractivity contribution in [1.82, 2.24) is 4.72 Å². The van der Waals surface area contributed by atoms with Gasteiger partial charge < -0.3 is 9.84 Å². The smallest absolute Gasteiger partial charge is 0.303 e. The fourth-order valence-electron chi connectivity index (χ4n) is 2.32. The number of carbonyl (C=O) groups is 1. The van der Waals surface area contributed by atoms with Gasteiger partial charge >= 0.3 is 5.97 Å². The van der Waals surface area contributed by atoms with Crippen LogP contribution in [0.3, 0.4) is 0 Å². The topological polar surface area (TPSA) is 92.7 Å². The average molecular weight is 392 g/mol. The maximum absolute atomic E-state index is 12.6. The molecule has 0 unspecified atom stereocenters. The molecule has 0 atom stereocenters. The van der Waals surface area contributed by atoms with Gasteiger partial charge in [0, 0.05) is 28.4 Å². The number of carboxylic acids is 1. The Morgan fingerprint density at radius 1 is 1.45 bits per heavy atom. The van der Waals surface area contributed by atoms with Crippen molar-refractivity contribution in [1.29, 1.82) is 0 Å². The molecule has 1 aromatic rings. The summed E-state index contributed by atoms with van der Waals surface area (Å²) in [6.45, 7) is 3.77. The van der Waals surface area contributed by atoms with E-state index in [2.05, 4.69) is 20.7 Å². The van der Waals surface area contributed by atoms with Crippen LogP contribution in [-0.4, -0.2) is 31.6 Å². The van der Waals surface area contributed by atoms with Crippen molar-refractivity contribution >= 4 is 31.9 Å². The monoisotopic (exact) mass is 391 g/mol. The summed E-state index contributed by atoms with van der Waals surface area (Å²) >= 11 is 3.31. The zero-order chi connectivity index (χ0) is 16.5. The number of carboxylic acid groups (broad SMARTS) is 1. The largest absolute Gasteiger partial charge is 0.492 e. The summed E-state index contributed by atoms with van der Waals surface area (Å²) in [5, 5.41) is 8.75. The molecule has 0 amide bonds. The fraction of sp³-hybridized carbons (Fsp3) is 0.500. The van der Waals surface area contributed by atoms with E-state index in [0.717, 1.165) is 5.56 Å². The lowest BCUT2D eigenvalue weighted by atomic mass is 10.0.